The van der Waals surface area contributed by atoms with Gasteiger partial charge in [-0.3, -0.25) is 0 Å². The highest BCUT2D eigenvalue weighted by Crippen LogP contribution is 2.57. The highest BCUT2D eigenvalue weighted by Gasteiger charge is 2.46. The second-order valence-corrected chi connectivity index (χ2v) is 18.1. The summed E-state index contributed by atoms with van der Waals surface area (Å²) in [5, 5.41) is 0. The molecule has 0 fully saturated rings. The minimum Gasteiger partial charge on any atom is -0.311 e. The third-order valence-corrected chi connectivity index (χ3v) is 14.1. The molecule has 0 N–H and O–H groups in total. The minimum atomic E-state index is -0.531. The highest BCUT2D eigenvalue weighted by molar-refractivity contribution is 5.92. The Morgan fingerprint density at radius 2 is 0.697 bits per heavy atom. The fraction of sp³-hybridized carbons (Fsp3) is 0.0625. The zero-order chi connectivity index (χ0) is 44.2. The first kappa shape index (κ1) is 39.4. The van der Waals surface area contributed by atoms with Crippen molar-refractivity contribution < 1.29 is 0 Å². The molecule has 0 bridgehead atoms. The fourth-order valence-corrected chi connectivity index (χ4v) is 11.2. The Bertz CT molecular complexity index is 3300. The quantitative estimate of drug-likeness (QED) is 0.143. The van der Waals surface area contributed by atoms with E-state index in [1.807, 2.05) is 0 Å². The summed E-state index contributed by atoms with van der Waals surface area (Å²) in [4.78, 5) is 4.82. The lowest BCUT2D eigenvalue weighted by Crippen LogP contribution is -2.28. The molecule has 12 rings (SSSR count). The molecule has 2 aliphatic carbocycles. The van der Waals surface area contributed by atoms with Crippen LogP contribution in [0.2, 0.25) is 0 Å². The maximum absolute atomic E-state index is 2.50. The number of fused-ring (bicyclic) bond motifs is 6. The summed E-state index contributed by atoms with van der Waals surface area (Å²) in [6.45, 7) is 4.74. The maximum atomic E-state index is 2.50. The Balaban J connectivity index is 1.06. The summed E-state index contributed by atoms with van der Waals surface area (Å²) in [6.07, 6.45) is 0. The molecule has 2 nitrogen and oxygen atoms in total. The molecule has 314 valence electrons. The van der Waals surface area contributed by atoms with Gasteiger partial charge in [-0.2, -0.15) is 0 Å². The molecule has 66 heavy (non-hydrogen) atoms. The summed E-state index contributed by atoms with van der Waals surface area (Å²) in [6, 6.07) is 93.7. The van der Waals surface area contributed by atoms with E-state index in [4.69, 9.17) is 0 Å². The van der Waals surface area contributed by atoms with Crippen LogP contribution >= 0.6 is 0 Å². The van der Waals surface area contributed by atoms with Crippen molar-refractivity contribution in [3.63, 3.8) is 0 Å². The van der Waals surface area contributed by atoms with Gasteiger partial charge in [-0.05, 0) is 128 Å². The van der Waals surface area contributed by atoms with Gasteiger partial charge >= 0.3 is 0 Å². The van der Waals surface area contributed by atoms with Crippen molar-refractivity contribution in [3.05, 3.63) is 288 Å². The zero-order valence-electron chi connectivity index (χ0n) is 37.1. The first-order chi connectivity index (χ1) is 32.5. The number of rotatable bonds is 9. The molecule has 0 heterocycles. The van der Waals surface area contributed by atoms with Gasteiger partial charge in [0, 0.05) is 39.4 Å². The van der Waals surface area contributed by atoms with E-state index < -0.39 is 5.41 Å². The van der Waals surface area contributed by atoms with Gasteiger partial charge < -0.3 is 9.80 Å². The standard InChI is InChI=1S/C64H48N2/c1-63(2)58-33-16-12-30-54(58)57-42-41-52(44-61(57)63)66(62-36-19-15-29-53(62)45-37-39-50(40-38-45)65(48-24-8-4-9-25-48)49-26-10-5-11-27-49)51-28-20-23-47(43-51)64(46-21-6-3-7-22-46)59-34-17-13-31-55(59)56-32-14-18-35-60(56)64/h3-44H,1-2H3. The number of nitrogens with zero attached hydrogens (tertiary/aromatic N) is 2. The van der Waals surface area contributed by atoms with Gasteiger partial charge in [0.2, 0.25) is 0 Å². The molecule has 0 amide bonds. The van der Waals surface area contributed by atoms with Crippen LogP contribution in [-0.2, 0) is 10.8 Å². The third-order valence-electron chi connectivity index (χ3n) is 14.1. The predicted molar refractivity (Wildman–Crippen MR) is 276 cm³/mol. The third kappa shape index (κ3) is 6.17. The van der Waals surface area contributed by atoms with Gasteiger partial charge in [0.25, 0.3) is 0 Å². The molecule has 0 aromatic heterocycles. The van der Waals surface area contributed by atoms with Crippen molar-refractivity contribution in [1.82, 2.24) is 0 Å². The number of benzene rings is 10. The molecule has 0 unspecified atom stereocenters. The van der Waals surface area contributed by atoms with Gasteiger partial charge in [-0.1, -0.05) is 202 Å². The first-order valence-corrected chi connectivity index (χ1v) is 23.0. The van der Waals surface area contributed by atoms with E-state index in [1.165, 1.54) is 55.6 Å². The van der Waals surface area contributed by atoms with Crippen molar-refractivity contribution in [2.45, 2.75) is 24.7 Å². The van der Waals surface area contributed by atoms with Crippen LogP contribution in [0.25, 0.3) is 33.4 Å². The Morgan fingerprint density at radius 3 is 1.32 bits per heavy atom. The molecule has 2 heteroatoms. The predicted octanol–water partition coefficient (Wildman–Crippen LogP) is 17.0. The number of para-hydroxylation sites is 3. The van der Waals surface area contributed by atoms with Crippen LogP contribution in [-0.4, -0.2) is 0 Å². The van der Waals surface area contributed by atoms with Crippen LogP contribution in [0.15, 0.2) is 255 Å². The number of hydrogen-bond acceptors (Lipinski definition) is 2. The van der Waals surface area contributed by atoms with Crippen LogP contribution in [0, 0.1) is 0 Å². The van der Waals surface area contributed by atoms with Crippen molar-refractivity contribution >= 4 is 34.1 Å². The molecule has 2 aliphatic rings. The molecular weight excluding hydrogens is 797 g/mol. The van der Waals surface area contributed by atoms with Crippen molar-refractivity contribution in [2.24, 2.45) is 0 Å². The van der Waals surface area contributed by atoms with Gasteiger partial charge in [0.15, 0.2) is 0 Å². The average molecular weight is 845 g/mol. The second-order valence-electron chi connectivity index (χ2n) is 18.1. The van der Waals surface area contributed by atoms with Crippen LogP contribution in [0.1, 0.15) is 47.2 Å². The molecule has 0 aliphatic heterocycles. The topological polar surface area (TPSA) is 6.48 Å². The Labute approximate surface area is 388 Å². The maximum Gasteiger partial charge on any atom is 0.0714 e. The average Bonchev–Trinajstić information content (AvgIpc) is 3.81. The van der Waals surface area contributed by atoms with E-state index >= 15 is 0 Å². The highest BCUT2D eigenvalue weighted by atomic mass is 15.1. The summed E-state index contributed by atoms with van der Waals surface area (Å²) in [5.74, 6) is 0. The molecule has 0 radical (unpaired) electrons. The lowest BCUT2D eigenvalue weighted by molar-refractivity contribution is 0.660. The van der Waals surface area contributed by atoms with E-state index in [1.54, 1.807) is 0 Å². The van der Waals surface area contributed by atoms with Gasteiger partial charge in [0.05, 0.1) is 11.1 Å². The van der Waals surface area contributed by atoms with Crippen molar-refractivity contribution in [2.75, 3.05) is 9.80 Å². The van der Waals surface area contributed by atoms with Crippen LogP contribution in [0.5, 0.6) is 0 Å². The van der Waals surface area contributed by atoms with E-state index in [0.717, 1.165) is 45.3 Å². The van der Waals surface area contributed by atoms with E-state index in [9.17, 15) is 0 Å². The minimum absolute atomic E-state index is 0.164. The first-order valence-electron chi connectivity index (χ1n) is 23.0. The molecule has 10 aromatic carbocycles. The second kappa shape index (κ2) is 15.8. The summed E-state index contributed by atoms with van der Waals surface area (Å²) < 4.78 is 0. The largest absolute Gasteiger partial charge is 0.311 e. The van der Waals surface area contributed by atoms with Crippen LogP contribution < -0.4 is 9.80 Å². The van der Waals surface area contributed by atoms with Gasteiger partial charge in [0.1, 0.15) is 0 Å². The normalized spacial score (nSPS) is 13.5. The number of anilines is 6. The summed E-state index contributed by atoms with van der Waals surface area (Å²) in [5.41, 5.74) is 21.3. The SMILES string of the molecule is CC1(C)c2ccccc2-c2ccc(N(c3cccc(C4(c5ccccc5)c5ccccc5-c5ccccc54)c3)c3ccccc3-c3ccc(N(c4ccccc4)c4ccccc4)cc3)cc21. The summed E-state index contributed by atoms with van der Waals surface area (Å²) >= 11 is 0. The van der Waals surface area contributed by atoms with Crippen molar-refractivity contribution in [1.29, 1.82) is 0 Å². The molecule has 0 saturated heterocycles. The Kier molecular flexibility index (Phi) is 9.43. The Morgan fingerprint density at radius 1 is 0.273 bits per heavy atom. The van der Waals surface area contributed by atoms with E-state index in [2.05, 4.69) is 278 Å². The fourth-order valence-electron chi connectivity index (χ4n) is 11.2. The molecule has 10 aromatic rings. The van der Waals surface area contributed by atoms with Crippen LogP contribution in [0.3, 0.4) is 0 Å². The number of hydrogen-bond donors (Lipinski definition) is 0. The van der Waals surface area contributed by atoms with Gasteiger partial charge in [-0.15, -0.1) is 0 Å². The monoisotopic (exact) mass is 844 g/mol. The lowest BCUT2D eigenvalue weighted by atomic mass is 9.67. The molecule has 0 spiro atoms. The Hall–Kier alpha value is -8.20. The smallest absolute Gasteiger partial charge is 0.0714 e. The van der Waals surface area contributed by atoms with E-state index in [0.29, 0.717) is 0 Å². The molecule has 0 atom stereocenters. The van der Waals surface area contributed by atoms with Gasteiger partial charge in [-0.25, -0.2) is 0 Å². The van der Waals surface area contributed by atoms with Crippen LogP contribution in [0.4, 0.5) is 34.1 Å². The van der Waals surface area contributed by atoms with Crippen molar-refractivity contribution in [3.8, 4) is 33.4 Å². The summed E-state index contributed by atoms with van der Waals surface area (Å²) in [7, 11) is 0. The van der Waals surface area contributed by atoms with E-state index in [-0.39, 0.29) is 5.41 Å². The zero-order valence-corrected chi connectivity index (χ0v) is 37.1. The molecule has 0 saturated carbocycles. The lowest BCUT2D eigenvalue weighted by Gasteiger charge is -2.35. The molecular formula is C64H48N2.